The van der Waals surface area contributed by atoms with Crippen LogP contribution in [0.1, 0.15) is 112 Å². The average molecular weight is 445 g/mol. The molecular formula is C30H52O2. The first-order valence-electron chi connectivity index (χ1n) is 14.2. The molecule has 3 fully saturated rings. The lowest BCUT2D eigenvalue weighted by atomic mass is 9.47. The van der Waals surface area contributed by atoms with Gasteiger partial charge >= 0.3 is 0 Å². The fraction of sp³-hybridized carbons (Fsp3) is 0.933. The van der Waals surface area contributed by atoms with Gasteiger partial charge in [0.25, 0.3) is 0 Å². The van der Waals surface area contributed by atoms with Crippen LogP contribution in [0.2, 0.25) is 0 Å². The summed E-state index contributed by atoms with van der Waals surface area (Å²) >= 11 is 0. The summed E-state index contributed by atoms with van der Waals surface area (Å²) in [6, 6.07) is 0. The van der Waals surface area contributed by atoms with Crippen LogP contribution in [0.3, 0.4) is 0 Å². The molecule has 3 saturated carbocycles. The molecule has 0 aromatic carbocycles. The molecular weight excluding hydrogens is 392 g/mol. The molecule has 0 aromatic heterocycles. The number of hydrogen-bond acceptors (Lipinski definition) is 2. The zero-order valence-electron chi connectivity index (χ0n) is 21.9. The zero-order chi connectivity index (χ0) is 23.3. The highest BCUT2D eigenvalue weighted by Crippen LogP contribution is 2.67. The second-order valence-corrected chi connectivity index (χ2v) is 13.3. The van der Waals surface area contributed by atoms with E-state index in [-0.39, 0.29) is 12.2 Å². The van der Waals surface area contributed by atoms with Crippen LogP contribution in [0.5, 0.6) is 0 Å². The van der Waals surface area contributed by atoms with E-state index in [1.165, 1.54) is 51.4 Å². The molecule has 184 valence electrons. The third kappa shape index (κ3) is 4.15. The summed E-state index contributed by atoms with van der Waals surface area (Å²) in [5, 5.41) is 21.6. The molecule has 0 aliphatic heterocycles. The average Bonchev–Trinajstić information content (AvgIpc) is 3.10. The van der Waals surface area contributed by atoms with Crippen LogP contribution in [-0.2, 0) is 0 Å². The first kappa shape index (κ1) is 24.8. The van der Waals surface area contributed by atoms with Gasteiger partial charge in [-0.3, -0.25) is 0 Å². The van der Waals surface area contributed by atoms with Crippen molar-refractivity contribution in [3.63, 3.8) is 0 Å². The lowest BCUT2D eigenvalue weighted by Crippen LogP contribution is -2.51. The topological polar surface area (TPSA) is 40.5 Å². The molecule has 3 unspecified atom stereocenters. The van der Waals surface area contributed by atoms with Crippen LogP contribution in [0.25, 0.3) is 0 Å². The molecule has 4 aliphatic rings. The van der Waals surface area contributed by atoms with E-state index in [4.69, 9.17) is 0 Å². The van der Waals surface area contributed by atoms with Crippen molar-refractivity contribution in [2.24, 2.45) is 52.3 Å². The van der Waals surface area contributed by atoms with Crippen molar-refractivity contribution in [2.45, 2.75) is 124 Å². The van der Waals surface area contributed by atoms with E-state index in [1.54, 1.807) is 5.57 Å². The van der Waals surface area contributed by atoms with Gasteiger partial charge in [0.15, 0.2) is 0 Å². The number of allylic oxidation sites excluding steroid dienone is 1. The molecule has 2 N–H and O–H groups in total. The largest absolute Gasteiger partial charge is 0.393 e. The predicted molar refractivity (Wildman–Crippen MR) is 134 cm³/mol. The highest BCUT2D eigenvalue weighted by Gasteiger charge is 2.59. The molecule has 2 heteroatoms. The van der Waals surface area contributed by atoms with E-state index >= 15 is 0 Å². The summed E-state index contributed by atoms with van der Waals surface area (Å²) in [4.78, 5) is 0. The van der Waals surface area contributed by atoms with Gasteiger partial charge in [-0.25, -0.2) is 0 Å². The fourth-order valence-corrected chi connectivity index (χ4v) is 9.43. The summed E-state index contributed by atoms with van der Waals surface area (Å²) in [5.41, 5.74) is 2.31. The Morgan fingerprint density at radius 1 is 1.03 bits per heavy atom. The Hall–Kier alpha value is -0.340. The van der Waals surface area contributed by atoms with Crippen molar-refractivity contribution in [3.05, 3.63) is 11.6 Å². The van der Waals surface area contributed by atoms with Gasteiger partial charge < -0.3 is 10.2 Å². The second kappa shape index (κ2) is 9.37. The van der Waals surface area contributed by atoms with Crippen molar-refractivity contribution in [1.82, 2.24) is 0 Å². The fourth-order valence-electron chi connectivity index (χ4n) is 9.43. The number of aliphatic hydroxyl groups excluding tert-OH is 2. The summed E-state index contributed by atoms with van der Waals surface area (Å²) in [5.74, 6) is 4.84. The Bertz CT molecular complexity index is 682. The summed E-state index contributed by atoms with van der Waals surface area (Å²) < 4.78 is 0. The lowest BCUT2D eigenvalue weighted by molar-refractivity contribution is -0.0696. The van der Waals surface area contributed by atoms with Gasteiger partial charge in [0.2, 0.25) is 0 Å². The van der Waals surface area contributed by atoms with E-state index in [9.17, 15) is 10.2 Å². The summed E-state index contributed by atoms with van der Waals surface area (Å²) in [7, 11) is 0. The molecule has 0 spiro atoms. The Balaban J connectivity index is 1.49. The van der Waals surface area contributed by atoms with Crippen molar-refractivity contribution < 1.29 is 10.2 Å². The van der Waals surface area contributed by atoms with Crippen molar-refractivity contribution in [3.8, 4) is 0 Å². The van der Waals surface area contributed by atoms with Crippen LogP contribution in [0, 0.1) is 52.3 Å². The molecule has 0 amide bonds. The molecule has 32 heavy (non-hydrogen) atoms. The number of aliphatic hydroxyl groups is 2. The minimum atomic E-state index is -0.151. The SMILES string of the molecule is CCC[C@@H](C[C@H](O)[C@@H](C)[C@H]1CCC2C3CC=C4C[C@@H](O)CC[C@]4(C)C3CC[C@@]21C)C(C)C. The van der Waals surface area contributed by atoms with E-state index in [0.717, 1.165) is 37.0 Å². The minimum absolute atomic E-state index is 0.111. The summed E-state index contributed by atoms with van der Waals surface area (Å²) in [6.07, 6.45) is 15.4. The van der Waals surface area contributed by atoms with Crippen molar-refractivity contribution >= 4 is 0 Å². The number of rotatable bonds is 7. The monoisotopic (exact) mass is 444 g/mol. The third-order valence-electron chi connectivity index (χ3n) is 11.5. The molecule has 10 atom stereocenters. The highest BCUT2D eigenvalue weighted by molar-refractivity contribution is 5.25. The van der Waals surface area contributed by atoms with Crippen LogP contribution in [0.15, 0.2) is 11.6 Å². The highest BCUT2D eigenvalue weighted by atomic mass is 16.3. The van der Waals surface area contributed by atoms with Gasteiger partial charge in [-0.1, -0.05) is 66.0 Å². The van der Waals surface area contributed by atoms with Gasteiger partial charge in [0.05, 0.1) is 12.2 Å². The normalized spacial score (nSPS) is 44.3. The first-order chi connectivity index (χ1) is 15.1. The molecule has 0 saturated heterocycles. The van der Waals surface area contributed by atoms with Gasteiger partial charge in [-0.05, 0) is 110 Å². The van der Waals surface area contributed by atoms with Crippen LogP contribution >= 0.6 is 0 Å². The third-order valence-corrected chi connectivity index (χ3v) is 11.5. The van der Waals surface area contributed by atoms with E-state index in [0.29, 0.717) is 34.5 Å². The molecule has 4 rings (SSSR count). The first-order valence-corrected chi connectivity index (χ1v) is 14.2. The lowest BCUT2D eigenvalue weighted by Gasteiger charge is -2.58. The molecule has 0 radical (unpaired) electrons. The maximum absolute atomic E-state index is 11.3. The van der Waals surface area contributed by atoms with Crippen molar-refractivity contribution in [2.75, 3.05) is 0 Å². The van der Waals surface area contributed by atoms with Crippen LogP contribution < -0.4 is 0 Å². The Kier molecular flexibility index (Phi) is 7.25. The van der Waals surface area contributed by atoms with Crippen molar-refractivity contribution in [1.29, 1.82) is 0 Å². The predicted octanol–water partition coefficient (Wildman–Crippen LogP) is 7.39. The van der Waals surface area contributed by atoms with Crippen LogP contribution in [0.4, 0.5) is 0 Å². The van der Waals surface area contributed by atoms with E-state index < -0.39 is 0 Å². The quantitative estimate of drug-likeness (QED) is 0.402. The molecule has 0 aromatic rings. The van der Waals surface area contributed by atoms with E-state index in [2.05, 4.69) is 47.6 Å². The molecule has 4 aliphatic carbocycles. The maximum atomic E-state index is 11.3. The number of fused-ring (bicyclic) bond motifs is 5. The number of hydrogen-bond donors (Lipinski definition) is 2. The van der Waals surface area contributed by atoms with Gasteiger partial charge in [-0.15, -0.1) is 0 Å². The van der Waals surface area contributed by atoms with E-state index in [1.807, 2.05) is 0 Å². The van der Waals surface area contributed by atoms with Gasteiger partial charge in [0, 0.05) is 0 Å². The van der Waals surface area contributed by atoms with Gasteiger partial charge in [0.1, 0.15) is 0 Å². The second-order valence-electron chi connectivity index (χ2n) is 13.3. The Morgan fingerprint density at radius 2 is 1.78 bits per heavy atom. The minimum Gasteiger partial charge on any atom is -0.393 e. The molecule has 0 bridgehead atoms. The molecule has 2 nitrogen and oxygen atoms in total. The Morgan fingerprint density at radius 3 is 2.47 bits per heavy atom. The summed E-state index contributed by atoms with van der Waals surface area (Å²) in [6.45, 7) is 14.5. The van der Waals surface area contributed by atoms with Gasteiger partial charge in [-0.2, -0.15) is 0 Å². The molecule has 0 heterocycles. The Labute approximate surface area is 198 Å². The van der Waals surface area contributed by atoms with Crippen LogP contribution in [-0.4, -0.2) is 22.4 Å². The standard InChI is InChI=1S/C30H52O2/c1-7-8-21(19(2)3)17-28(32)20(4)25-11-12-26-24-10-9-22-18-23(31)13-15-29(22,5)27(24)14-16-30(25,26)6/h9,19-21,23-28,31-32H,7-8,10-18H2,1-6H3/t20-,21-,23-,24?,25+,26?,27?,28-,29-,30+/m0/s1. The smallest absolute Gasteiger partial charge is 0.0577 e. The zero-order valence-corrected chi connectivity index (χ0v) is 21.9. The maximum Gasteiger partial charge on any atom is 0.0577 e.